The Balaban J connectivity index is 2.37. The summed E-state index contributed by atoms with van der Waals surface area (Å²) < 4.78 is 0. The number of amides is 6. The van der Waals surface area contributed by atoms with Crippen molar-refractivity contribution in [2.45, 2.75) is 49.9 Å². The number of benzene rings is 1. The van der Waals surface area contributed by atoms with Crippen molar-refractivity contribution >= 4 is 59.1 Å². The number of thioether (sulfide) groups is 1. The zero-order chi connectivity index (χ0) is 33.5. The van der Waals surface area contributed by atoms with Gasteiger partial charge in [-0.15, -0.1) is 11.8 Å². The summed E-state index contributed by atoms with van der Waals surface area (Å²) in [6.45, 7) is -0.586. The second-order valence-corrected chi connectivity index (χ2v) is 10.9. The Hall–Kier alpha value is -5.07. The molecule has 6 amide bonds. The van der Waals surface area contributed by atoms with Crippen LogP contribution in [0.25, 0.3) is 0 Å². The molecule has 45 heavy (non-hydrogen) atoms. The van der Waals surface area contributed by atoms with E-state index in [2.05, 4.69) is 31.6 Å². The lowest BCUT2D eigenvalue weighted by atomic mass is 10.0. The van der Waals surface area contributed by atoms with E-state index in [9.17, 15) is 43.8 Å². The van der Waals surface area contributed by atoms with Gasteiger partial charge in [0.25, 0.3) is 0 Å². The van der Waals surface area contributed by atoms with E-state index in [-0.39, 0.29) is 49.0 Å². The van der Waals surface area contributed by atoms with Crippen molar-refractivity contribution in [2.24, 2.45) is 22.2 Å². The predicted octanol–water partition coefficient (Wildman–Crippen LogP) is -4.25. The highest BCUT2D eigenvalue weighted by Gasteiger charge is 2.30. The molecule has 246 valence electrons. The average molecular weight is 652 g/mol. The van der Waals surface area contributed by atoms with Gasteiger partial charge in [0.05, 0.1) is 18.7 Å². The molecule has 1 saturated heterocycles. The van der Waals surface area contributed by atoms with E-state index >= 15 is 0 Å². The number of nitrogens with one attached hydrogen (secondary N) is 5. The van der Waals surface area contributed by atoms with Crippen LogP contribution in [0.5, 0.6) is 5.75 Å². The van der Waals surface area contributed by atoms with E-state index in [1.54, 1.807) is 12.1 Å². The molecule has 4 atom stereocenters. The highest BCUT2D eigenvalue weighted by Crippen LogP contribution is 2.13. The third-order valence-electron chi connectivity index (χ3n) is 6.24. The Kier molecular flexibility index (Phi) is 14.4. The number of aromatic hydroxyl groups is 1. The third kappa shape index (κ3) is 13.4. The molecule has 1 heterocycles. The number of carboxylic acid groups (broad SMARTS) is 1. The number of hydrogen-bond acceptors (Lipinski definition) is 10. The topological polar surface area (TPSA) is 311 Å². The molecule has 0 aliphatic carbocycles. The molecule has 1 fully saturated rings. The summed E-state index contributed by atoms with van der Waals surface area (Å²) >= 11 is 0.894. The van der Waals surface area contributed by atoms with Crippen LogP contribution in [-0.2, 0) is 40.0 Å². The molecule has 0 radical (unpaired) electrons. The monoisotopic (exact) mass is 651 g/mol. The van der Waals surface area contributed by atoms with Crippen LogP contribution < -0.4 is 43.8 Å². The zero-order valence-electron chi connectivity index (χ0n) is 24.1. The molecular formula is C26H37N9O9S. The summed E-state index contributed by atoms with van der Waals surface area (Å²) in [7, 11) is 0. The lowest BCUT2D eigenvalue weighted by Crippen LogP contribution is -2.57. The average Bonchev–Trinajstić information content (AvgIpc) is 2.96. The molecule has 1 aromatic carbocycles. The number of hydrogen-bond donors (Lipinski definition) is 10. The number of guanidine groups is 1. The van der Waals surface area contributed by atoms with Crippen LogP contribution >= 0.6 is 11.8 Å². The minimum atomic E-state index is -1.63. The second-order valence-electron chi connectivity index (χ2n) is 9.92. The van der Waals surface area contributed by atoms with E-state index in [4.69, 9.17) is 17.2 Å². The van der Waals surface area contributed by atoms with Gasteiger partial charge in [-0.2, -0.15) is 0 Å². The maximum atomic E-state index is 13.4. The van der Waals surface area contributed by atoms with Gasteiger partial charge < -0.3 is 54.0 Å². The van der Waals surface area contributed by atoms with Crippen molar-refractivity contribution in [3.8, 4) is 5.75 Å². The van der Waals surface area contributed by atoms with Gasteiger partial charge in [-0.25, -0.2) is 0 Å². The molecule has 2 rings (SSSR count). The van der Waals surface area contributed by atoms with E-state index in [1.807, 2.05) is 0 Å². The molecule has 0 spiro atoms. The molecule has 1 aliphatic rings. The second kappa shape index (κ2) is 17.9. The predicted molar refractivity (Wildman–Crippen MR) is 161 cm³/mol. The molecule has 1 aromatic rings. The summed E-state index contributed by atoms with van der Waals surface area (Å²) in [6, 6.07) is 0.513. The van der Waals surface area contributed by atoms with Crippen molar-refractivity contribution in [1.29, 1.82) is 0 Å². The SMILES string of the molecule is NC(=O)[C@@H]1CSCC(=O)N[C@@H](Cc2ccc(O)cc2)C(=O)N[C@@H](CCCN=C(N)N)C(=O)NCC(=O)N[C@@H](CC(=O)O)C(=O)N1. The molecule has 19 heteroatoms. The van der Waals surface area contributed by atoms with Gasteiger partial charge in [0.2, 0.25) is 35.4 Å². The van der Waals surface area contributed by atoms with Gasteiger partial charge in [-0.1, -0.05) is 12.1 Å². The van der Waals surface area contributed by atoms with Crippen LogP contribution in [0.1, 0.15) is 24.8 Å². The number of nitrogens with two attached hydrogens (primary N) is 3. The highest BCUT2D eigenvalue weighted by molar-refractivity contribution is 8.00. The van der Waals surface area contributed by atoms with Crippen molar-refractivity contribution in [3.05, 3.63) is 29.8 Å². The highest BCUT2D eigenvalue weighted by atomic mass is 32.2. The van der Waals surface area contributed by atoms with E-state index in [0.29, 0.717) is 5.56 Å². The van der Waals surface area contributed by atoms with Gasteiger partial charge in [0.1, 0.15) is 29.9 Å². The number of carbonyl (C=O) groups excluding carboxylic acids is 6. The Morgan fingerprint density at radius 1 is 0.867 bits per heavy atom. The number of rotatable bonds is 9. The van der Waals surface area contributed by atoms with Crippen molar-refractivity contribution < 1.29 is 43.8 Å². The molecule has 0 unspecified atom stereocenters. The molecule has 0 bridgehead atoms. The van der Waals surface area contributed by atoms with E-state index in [1.165, 1.54) is 12.1 Å². The molecular weight excluding hydrogens is 614 g/mol. The number of aliphatic imine (C=N–C) groups is 1. The molecule has 0 saturated carbocycles. The number of primary amides is 1. The summed E-state index contributed by atoms with van der Waals surface area (Å²) in [5, 5.41) is 30.8. The number of carboxylic acids is 1. The first-order valence-corrected chi connectivity index (χ1v) is 14.8. The van der Waals surface area contributed by atoms with Crippen LogP contribution in [0.3, 0.4) is 0 Å². The van der Waals surface area contributed by atoms with Crippen LogP contribution in [0.2, 0.25) is 0 Å². The van der Waals surface area contributed by atoms with Gasteiger partial charge >= 0.3 is 5.97 Å². The summed E-state index contributed by atoms with van der Waals surface area (Å²) in [4.78, 5) is 91.9. The summed E-state index contributed by atoms with van der Waals surface area (Å²) in [6.07, 6.45) is -0.628. The Bertz CT molecular complexity index is 1290. The maximum Gasteiger partial charge on any atom is 0.305 e. The first kappa shape index (κ1) is 36.1. The third-order valence-corrected chi connectivity index (χ3v) is 7.27. The smallest absolute Gasteiger partial charge is 0.305 e. The fraction of sp³-hybridized carbons (Fsp3) is 0.462. The zero-order valence-corrected chi connectivity index (χ0v) is 24.9. The first-order valence-electron chi connectivity index (χ1n) is 13.6. The van der Waals surface area contributed by atoms with Crippen molar-refractivity contribution in [1.82, 2.24) is 26.6 Å². The Morgan fingerprint density at radius 2 is 1.51 bits per heavy atom. The number of aliphatic carboxylic acids is 1. The van der Waals surface area contributed by atoms with Crippen LogP contribution in [0.15, 0.2) is 29.3 Å². The van der Waals surface area contributed by atoms with Crippen LogP contribution in [-0.4, -0.2) is 106 Å². The maximum absolute atomic E-state index is 13.4. The molecule has 18 nitrogen and oxygen atoms in total. The fourth-order valence-electron chi connectivity index (χ4n) is 4.01. The van der Waals surface area contributed by atoms with E-state index < -0.39 is 78.5 Å². The van der Waals surface area contributed by atoms with Crippen LogP contribution in [0.4, 0.5) is 0 Å². The largest absolute Gasteiger partial charge is 0.508 e. The van der Waals surface area contributed by atoms with Crippen molar-refractivity contribution in [3.63, 3.8) is 0 Å². The van der Waals surface area contributed by atoms with Gasteiger partial charge in [0, 0.05) is 18.7 Å². The minimum Gasteiger partial charge on any atom is -0.508 e. The number of phenolic OH excluding ortho intramolecular Hbond substituents is 1. The minimum absolute atomic E-state index is 0.0136. The van der Waals surface area contributed by atoms with Gasteiger partial charge in [0.15, 0.2) is 5.96 Å². The van der Waals surface area contributed by atoms with Gasteiger partial charge in [-0.05, 0) is 30.5 Å². The van der Waals surface area contributed by atoms with Crippen LogP contribution in [0, 0.1) is 0 Å². The van der Waals surface area contributed by atoms with E-state index in [0.717, 1.165) is 11.8 Å². The molecule has 13 N–H and O–H groups in total. The lowest BCUT2D eigenvalue weighted by Gasteiger charge is -2.24. The number of phenols is 1. The molecule has 1 aliphatic heterocycles. The standard InChI is InChI=1S/C26H37N9O9S/c27-22(41)18-11-45-12-20(38)33-16(8-13-3-5-14(36)6-4-13)24(43)34-15(2-1-7-30-26(28)29)23(42)31-10-19(37)32-17(9-21(39)40)25(44)35-18/h3-6,15-18,36H,1-2,7-12H2,(H2,27,41)(H,31,42)(H,32,37)(H,33,38)(H,34,43)(H,35,44)(H,39,40)(H4,28,29,30)/t15-,16-,17-,18-/m0/s1. The summed E-state index contributed by atoms with van der Waals surface area (Å²) in [5.74, 6) is -7.20. The fourth-order valence-corrected chi connectivity index (χ4v) is 4.88. The Labute approximate surface area is 261 Å². The molecule has 0 aromatic heterocycles. The lowest BCUT2D eigenvalue weighted by molar-refractivity contribution is -0.141. The number of nitrogens with zero attached hydrogens (tertiary/aromatic N) is 1. The first-order chi connectivity index (χ1) is 21.2. The Morgan fingerprint density at radius 3 is 2.13 bits per heavy atom. The van der Waals surface area contributed by atoms with Gasteiger partial charge in [-0.3, -0.25) is 38.6 Å². The number of carbonyl (C=O) groups is 7. The summed E-state index contributed by atoms with van der Waals surface area (Å²) in [5.41, 5.74) is 16.6. The quantitative estimate of drug-likeness (QED) is 0.0690. The normalized spacial score (nSPS) is 22.3. The van der Waals surface area contributed by atoms with Crippen molar-refractivity contribution in [2.75, 3.05) is 24.6 Å².